The summed E-state index contributed by atoms with van der Waals surface area (Å²) in [4.78, 5) is 28.1. The van der Waals surface area contributed by atoms with Crippen molar-refractivity contribution in [2.24, 2.45) is 0 Å². The highest BCUT2D eigenvalue weighted by atomic mass is 35.5. The summed E-state index contributed by atoms with van der Waals surface area (Å²) in [6.07, 6.45) is 0. The van der Waals surface area contributed by atoms with E-state index in [1.54, 1.807) is 24.3 Å². The van der Waals surface area contributed by atoms with Crippen LogP contribution in [-0.2, 0) is 4.79 Å². The number of fused-ring (bicyclic) bond motifs is 1. The van der Waals surface area contributed by atoms with Crippen molar-refractivity contribution in [1.82, 2.24) is 9.88 Å². The number of para-hydroxylation sites is 1. The fourth-order valence-electron chi connectivity index (χ4n) is 1.80. The Balaban J connectivity index is 2.49. The first-order valence-corrected chi connectivity index (χ1v) is 5.89. The summed E-state index contributed by atoms with van der Waals surface area (Å²) in [7, 11) is 1.43. The maximum atomic E-state index is 12.2. The van der Waals surface area contributed by atoms with Gasteiger partial charge in [-0.2, -0.15) is 0 Å². The van der Waals surface area contributed by atoms with E-state index in [4.69, 9.17) is 16.7 Å². The Hall–Kier alpha value is -2.14. The number of rotatable bonds is 3. The molecule has 2 rings (SSSR count). The number of nitrogens with zero attached hydrogens (tertiary/aromatic N) is 2. The maximum Gasteiger partial charge on any atom is 0.323 e. The van der Waals surface area contributed by atoms with E-state index in [2.05, 4.69) is 4.98 Å². The minimum Gasteiger partial charge on any atom is -0.480 e. The molecule has 1 heterocycles. The fraction of sp³-hybridized carbons (Fsp3) is 0.154. The van der Waals surface area contributed by atoms with Crippen molar-refractivity contribution in [2.45, 2.75) is 0 Å². The standard InChI is InChI=1S/C13H11ClN2O3/c1-16(7-12(17)18)13(19)9-6-11(14)15-10-5-3-2-4-8(9)10/h2-6H,7H2,1H3,(H,17,18). The third-order valence-corrected chi connectivity index (χ3v) is 2.83. The monoisotopic (exact) mass is 278 g/mol. The lowest BCUT2D eigenvalue weighted by Crippen LogP contribution is -2.32. The number of carbonyl (C=O) groups is 2. The molecule has 0 saturated heterocycles. The smallest absolute Gasteiger partial charge is 0.323 e. The van der Waals surface area contributed by atoms with Crippen LogP contribution >= 0.6 is 11.6 Å². The number of hydrogen-bond acceptors (Lipinski definition) is 3. The highest BCUT2D eigenvalue weighted by molar-refractivity contribution is 6.30. The molecule has 1 aromatic carbocycles. The molecule has 0 saturated carbocycles. The molecule has 0 spiro atoms. The van der Waals surface area contributed by atoms with Gasteiger partial charge < -0.3 is 10.0 Å². The third-order valence-electron chi connectivity index (χ3n) is 2.63. The van der Waals surface area contributed by atoms with Crippen molar-refractivity contribution in [3.8, 4) is 0 Å². The average Bonchev–Trinajstić information content (AvgIpc) is 2.36. The van der Waals surface area contributed by atoms with Gasteiger partial charge in [-0.15, -0.1) is 0 Å². The number of aliphatic carboxylic acids is 1. The lowest BCUT2D eigenvalue weighted by molar-refractivity contribution is -0.137. The molecule has 98 valence electrons. The SMILES string of the molecule is CN(CC(=O)O)C(=O)c1cc(Cl)nc2ccccc12. The van der Waals surface area contributed by atoms with E-state index >= 15 is 0 Å². The van der Waals surface area contributed by atoms with Gasteiger partial charge in [0.15, 0.2) is 0 Å². The summed E-state index contributed by atoms with van der Waals surface area (Å²) in [6.45, 7) is -0.368. The van der Waals surface area contributed by atoms with Crippen LogP contribution in [0.3, 0.4) is 0 Å². The molecule has 0 aliphatic rings. The van der Waals surface area contributed by atoms with Gasteiger partial charge in [0.25, 0.3) is 5.91 Å². The van der Waals surface area contributed by atoms with Crippen LogP contribution < -0.4 is 0 Å². The second kappa shape index (κ2) is 5.24. The Bertz CT molecular complexity index is 657. The normalized spacial score (nSPS) is 10.4. The van der Waals surface area contributed by atoms with Crippen LogP contribution in [0.5, 0.6) is 0 Å². The highest BCUT2D eigenvalue weighted by Gasteiger charge is 2.18. The van der Waals surface area contributed by atoms with Crippen LogP contribution in [0.2, 0.25) is 5.15 Å². The van der Waals surface area contributed by atoms with Crippen molar-refractivity contribution in [3.63, 3.8) is 0 Å². The Kier molecular flexibility index (Phi) is 3.66. The average molecular weight is 279 g/mol. The Morgan fingerprint density at radius 2 is 2.05 bits per heavy atom. The van der Waals surface area contributed by atoms with E-state index in [1.807, 2.05) is 0 Å². The third kappa shape index (κ3) is 2.82. The van der Waals surface area contributed by atoms with Crippen molar-refractivity contribution < 1.29 is 14.7 Å². The number of amides is 1. The van der Waals surface area contributed by atoms with E-state index < -0.39 is 11.9 Å². The van der Waals surface area contributed by atoms with E-state index in [1.165, 1.54) is 13.1 Å². The molecule has 0 aliphatic carbocycles. The van der Waals surface area contributed by atoms with E-state index in [-0.39, 0.29) is 11.7 Å². The second-order valence-corrected chi connectivity index (χ2v) is 4.45. The molecule has 2 aromatic rings. The molecule has 19 heavy (non-hydrogen) atoms. The van der Waals surface area contributed by atoms with Gasteiger partial charge >= 0.3 is 5.97 Å². The van der Waals surface area contributed by atoms with Crippen molar-refractivity contribution in [1.29, 1.82) is 0 Å². The Morgan fingerprint density at radius 3 is 2.74 bits per heavy atom. The Morgan fingerprint density at radius 1 is 1.37 bits per heavy atom. The van der Waals surface area contributed by atoms with Gasteiger partial charge in [0.2, 0.25) is 0 Å². The summed E-state index contributed by atoms with van der Waals surface area (Å²) in [5.41, 5.74) is 0.946. The van der Waals surface area contributed by atoms with Crippen LogP contribution in [0.25, 0.3) is 10.9 Å². The Labute approximate surface area is 114 Å². The molecule has 1 N–H and O–H groups in total. The van der Waals surface area contributed by atoms with Crippen LogP contribution in [0, 0.1) is 0 Å². The zero-order valence-electron chi connectivity index (χ0n) is 10.1. The van der Waals surface area contributed by atoms with Crippen molar-refractivity contribution in [3.05, 3.63) is 41.0 Å². The number of halogens is 1. The topological polar surface area (TPSA) is 70.5 Å². The summed E-state index contributed by atoms with van der Waals surface area (Å²) in [5.74, 6) is -1.47. The van der Waals surface area contributed by atoms with Gasteiger partial charge in [0.05, 0.1) is 11.1 Å². The zero-order chi connectivity index (χ0) is 14.0. The van der Waals surface area contributed by atoms with Crippen LogP contribution in [-0.4, -0.2) is 40.5 Å². The number of carboxylic acid groups (broad SMARTS) is 1. The molecule has 0 aliphatic heterocycles. The summed E-state index contributed by atoms with van der Waals surface area (Å²) in [6, 6.07) is 8.52. The molecule has 5 nitrogen and oxygen atoms in total. The predicted octanol–water partition coefficient (Wildman–Crippen LogP) is 2.04. The van der Waals surface area contributed by atoms with E-state index in [9.17, 15) is 9.59 Å². The quantitative estimate of drug-likeness (QED) is 0.872. The molecule has 0 atom stereocenters. The number of carboxylic acids is 1. The second-order valence-electron chi connectivity index (χ2n) is 4.06. The molecule has 0 unspecified atom stereocenters. The molecule has 1 aromatic heterocycles. The van der Waals surface area contributed by atoms with Crippen molar-refractivity contribution in [2.75, 3.05) is 13.6 Å². The first-order chi connectivity index (χ1) is 8.99. The van der Waals surface area contributed by atoms with Gasteiger partial charge in [-0.1, -0.05) is 29.8 Å². The number of aromatic nitrogens is 1. The minimum atomic E-state index is -1.07. The zero-order valence-corrected chi connectivity index (χ0v) is 10.9. The molecule has 6 heteroatoms. The summed E-state index contributed by atoms with van der Waals surface area (Å²) >= 11 is 5.88. The predicted molar refractivity (Wildman–Crippen MR) is 71.3 cm³/mol. The van der Waals surface area contributed by atoms with Gasteiger partial charge in [-0.25, -0.2) is 4.98 Å². The van der Waals surface area contributed by atoms with E-state index in [0.29, 0.717) is 16.5 Å². The molecule has 0 radical (unpaired) electrons. The lowest BCUT2D eigenvalue weighted by atomic mass is 10.1. The van der Waals surface area contributed by atoms with Crippen LogP contribution in [0.1, 0.15) is 10.4 Å². The van der Waals surface area contributed by atoms with Crippen LogP contribution in [0.4, 0.5) is 0 Å². The molecule has 0 bridgehead atoms. The molecule has 1 amide bonds. The molecular weight excluding hydrogens is 268 g/mol. The summed E-state index contributed by atoms with van der Waals surface area (Å²) in [5, 5.41) is 9.56. The maximum absolute atomic E-state index is 12.2. The minimum absolute atomic E-state index is 0.200. The van der Waals surface area contributed by atoms with Gasteiger partial charge in [0.1, 0.15) is 11.7 Å². The highest BCUT2D eigenvalue weighted by Crippen LogP contribution is 2.21. The van der Waals surface area contributed by atoms with Gasteiger partial charge in [-0.05, 0) is 12.1 Å². The van der Waals surface area contributed by atoms with Gasteiger partial charge in [-0.3, -0.25) is 9.59 Å². The molecule has 0 fully saturated rings. The first-order valence-electron chi connectivity index (χ1n) is 5.51. The number of pyridine rings is 1. The number of carbonyl (C=O) groups excluding carboxylic acids is 1. The number of benzene rings is 1. The van der Waals surface area contributed by atoms with Crippen LogP contribution in [0.15, 0.2) is 30.3 Å². The number of likely N-dealkylation sites (N-methyl/N-ethyl adjacent to an activating group) is 1. The first kappa shape index (κ1) is 13.3. The number of hydrogen-bond donors (Lipinski definition) is 1. The van der Waals surface area contributed by atoms with Gasteiger partial charge in [0, 0.05) is 12.4 Å². The van der Waals surface area contributed by atoms with E-state index in [0.717, 1.165) is 4.90 Å². The largest absolute Gasteiger partial charge is 0.480 e. The lowest BCUT2D eigenvalue weighted by Gasteiger charge is -2.15. The van der Waals surface area contributed by atoms with Crippen molar-refractivity contribution >= 4 is 34.4 Å². The molecular formula is C13H11ClN2O3. The summed E-state index contributed by atoms with van der Waals surface area (Å²) < 4.78 is 0. The fourth-order valence-corrected chi connectivity index (χ4v) is 2.00.